The van der Waals surface area contributed by atoms with E-state index in [-0.39, 0.29) is 5.92 Å². The lowest BCUT2D eigenvalue weighted by Crippen LogP contribution is -2.18. The lowest BCUT2D eigenvalue weighted by molar-refractivity contribution is 0.134. The monoisotopic (exact) mass is 273 g/mol. The van der Waals surface area contributed by atoms with Crippen LogP contribution in [0.5, 0.6) is 0 Å². The molecule has 0 saturated heterocycles. The van der Waals surface area contributed by atoms with Crippen LogP contribution in [0.1, 0.15) is 41.7 Å². The second-order valence-electron chi connectivity index (χ2n) is 5.05. The fraction of sp³-hybridized carbons (Fsp3) is 0.312. The van der Waals surface area contributed by atoms with Crippen LogP contribution < -0.4 is 0 Å². The van der Waals surface area contributed by atoms with Gasteiger partial charge in [0.1, 0.15) is 0 Å². The zero-order chi connectivity index (χ0) is 13.2. The fourth-order valence-electron chi connectivity index (χ4n) is 2.88. The molecular formula is C16H16ClNO. The van der Waals surface area contributed by atoms with Gasteiger partial charge in [-0.2, -0.15) is 0 Å². The number of pyridine rings is 1. The molecule has 1 N–H and O–H groups in total. The standard InChI is InChI=1S/C16H16ClNO/c17-13-7-1-5-12(10-13)16(19)14-8-2-4-11-6-3-9-18-15(11)14/h1,3,5-7,9-10,14,16,19H,2,4,8H2. The minimum absolute atomic E-state index is 0.0726. The molecule has 98 valence electrons. The Morgan fingerprint density at radius 3 is 3.00 bits per heavy atom. The van der Waals surface area contributed by atoms with Crippen LogP contribution in [0.2, 0.25) is 5.02 Å². The smallest absolute Gasteiger partial charge is 0.0874 e. The summed E-state index contributed by atoms with van der Waals surface area (Å²) in [4.78, 5) is 4.48. The Hall–Kier alpha value is -1.38. The third-order valence-corrected chi connectivity index (χ3v) is 4.04. The third-order valence-electron chi connectivity index (χ3n) is 3.81. The Balaban J connectivity index is 1.95. The van der Waals surface area contributed by atoms with E-state index in [0.717, 1.165) is 30.5 Å². The first-order chi connectivity index (χ1) is 9.25. The molecule has 1 aliphatic carbocycles. The third kappa shape index (κ3) is 2.51. The summed E-state index contributed by atoms with van der Waals surface area (Å²) >= 11 is 6.00. The molecule has 0 saturated carbocycles. The van der Waals surface area contributed by atoms with E-state index in [4.69, 9.17) is 11.6 Å². The highest BCUT2D eigenvalue weighted by Crippen LogP contribution is 2.39. The van der Waals surface area contributed by atoms with Gasteiger partial charge in [-0.05, 0) is 48.6 Å². The predicted octanol–water partition coefficient (Wildman–Crippen LogP) is 3.89. The highest BCUT2D eigenvalue weighted by Gasteiger charge is 2.28. The number of nitrogens with zero attached hydrogens (tertiary/aromatic N) is 1. The van der Waals surface area contributed by atoms with Gasteiger partial charge in [0.25, 0.3) is 0 Å². The molecule has 2 atom stereocenters. The molecule has 0 amide bonds. The van der Waals surface area contributed by atoms with Gasteiger partial charge in [0.2, 0.25) is 0 Å². The molecule has 3 rings (SSSR count). The number of rotatable bonds is 2. The molecule has 0 fully saturated rings. The van der Waals surface area contributed by atoms with Crippen LogP contribution in [0.3, 0.4) is 0 Å². The van der Waals surface area contributed by atoms with Crippen molar-refractivity contribution in [2.75, 3.05) is 0 Å². The molecule has 1 heterocycles. The second-order valence-corrected chi connectivity index (χ2v) is 5.48. The number of aromatic nitrogens is 1. The van der Waals surface area contributed by atoms with Crippen molar-refractivity contribution in [3.8, 4) is 0 Å². The Morgan fingerprint density at radius 2 is 2.16 bits per heavy atom. The number of benzene rings is 1. The minimum atomic E-state index is -0.535. The average molecular weight is 274 g/mol. The van der Waals surface area contributed by atoms with Crippen LogP contribution in [0.25, 0.3) is 0 Å². The van der Waals surface area contributed by atoms with E-state index in [2.05, 4.69) is 11.1 Å². The Kier molecular flexibility index (Phi) is 3.54. The minimum Gasteiger partial charge on any atom is -0.388 e. The summed E-state index contributed by atoms with van der Waals surface area (Å²) in [5.41, 5.74) is 3.18. The largest absolute Gasteiger partial charge is 0.388 e. The van der Waals surface area contributed by atoms with Gasteiger partial charge in [0.15, 0.2) is 0 Å². The van der Waals surface area contributed by atoms with Crippen LogP contribution in [0.15, 0.2) is 42.6 Å². The summed E-state index contributed by atoms with van der Waals surface area (Å²) in [6.07, 6.45) is 4.40. The van der Waals surface area contributed by atoms with Crippen molar-refractivity contribution in [1.82, 2.24) is 4.98 Å². The topological polar surface area (TPSA) is 33.1 Å². The van der Waals surface area contributed by atoms with Crippen molar-refractivity contribution in [3.05, 3.63) is 64.4 Å². The van der Waals surface area contributed by atoms with E-state index in [1.807, 2.05) is 36.5 Å². The van der Waals surface area contributed by atoms with E-state index < -0.39 is 6.10 Å². The number of aryl methyl sites for hydroxylation is 1. The van der Waals surface area contributed by atoms with Gasteiger partial charge in [-0.15, -0.1) is 0 Å². The average Bonchev–Trinajstić information content (AvgIpc) is 2.46. The highest BCUT2D eigenvalue weighted by molar-refractivity contribution is 6.30. The van der Waals surface area contributed by atoms with E-state index in [1.165, 1.54) is 5.56 Å². The first-order valence-electron chi connectivity index (χ1n) is 6.63. The fourth-order valence-corrected chi connectivity index (χ4v) is 3.07. The van der Waals surface area contributed by atoms with Crippen molar-refractivity contribution >= 4 is 11.6 Å². The van der Waals surface area contributed by atoms with Crippen LogP contribution in [0.4, 0.5) is 0 Å². The summed E-state index contributed by atoms with van der Waals surface area (Å²) < 4.78 is 0. The molecule has 1 aromatic heterocycles. The van der Waals surface area contributed by atoms with E-state index in [9.17, 15) is 5.11 Å². The molecule has 3 heteroatoms. The SMILES string of the molecule is OC(c1cccc(Cl)c1)C1CCCc2cccnc21. The summed E-state index contributed by atoms with van der Waals surface area (Å²) in [6.45, 7) is 0. The summed E-state index contributed by atoms with van der Waals surface area (Å²) in [5, 5.41) is 11.3. The number of hydrogen-bond donors (Lipinski definition) is 1. The maximum absolute atomic E-state index is 10.6. The number of aliphatic hydroxyl groups excluding tert-OH is 1. The number of fused-ring (bicyclic) bond motifs is 1. The van der Waals surface area contributed by atoms with Gasteiger partial charge in [0, 0.05) is 22.8 Å². The maximum Gasteiger partial charge on any atom is 0.0874 e. The molecule has 0 radical (unpaired) electrons. The van der Waals surface area contributed by atoms with Crippen LogP contribution in [-0.2, 0) is 6.42 Å². The predicted molar refractivity (Wildman–Crippen MR) is 76.3 cm³/mol. The van der Waals surface area contributed by atoms with E-state index in [1.54, 1.807) is 0 Å². The van der Waals surface area contributed by atoms with Crippen LogP contribution in [-0.4, -0.2) is 10.1 Å². The maximum atomic E-state index is 10.6. The second kappa shape index (κ2) is 5.32. The lowest BCUT2D eigenvalue weighted by atomic mass is 9.81. The van der Waals surface area contributed by atoms with Crippen molar-refractivity contribution < 1.29 is 5.11 Å². The van der Waals surface area contributed by atoms with Crippen molar-refractivity contribution in [2.45, 2.75) is 31.3 Å². The molecule has 2 unspecified atom stereocenters. The van der Waals surface area contributed by atoms with Gasteiger partial charge in [-0.3, -0.25) is 4.98 Å². The zero-order valence-corrected chi connectivity index (χ0v) is 11.3. The number of aliphatic hydroxyl groups is 1. The molecule has 19 heavy (non-hydrogen) atoms. The first-order valence-corrected chi connectivity index (χ1v) is 7.01. The van der Waals surface area contributed by atoms with Crippen molar-refractivity contribution in [3.63, 3.8) is 0 Å². The zero-order valence-electron chi connectivity index (χ0n) is 10.6. The summed E-state index contributed by atoms with van der Waals surface area (Å²) in [6, 6.07) is 11.5. The quantitative estimate of drug-likeness (QED) is 0.900. The van der Waals surface area contributed by atoms with Crippen LogP contribution in [0, 0.1) is 0 Å². The molecule has 2 nitrogen and oxygen atoms in total. The Morgan fingerprint density at radius 1 is 1.26 bits per heavy atom. The lowest BCUT2D eigenvalue weighted by Gasteiger charge is -2.28. The Bertz CT molecular complexity index is 584. The summed E-state index contributed by atoms with van der Waals surface area (Å²) in [7, 11) is 0. The van der Waals surface area contributed by atoms with Gasteiger partial charge in [-0.1, -0.05) is 29.8 Å². The van der Waals surface area contributed by atoms with Crippen molar-refractivity contribution in [2.24, 2.45) is 0 Å². The van der Waals surface area contributed by atoms with Gasteiger partial charge in [-0.25, -0.2) is 0 Å². The van der Waals surface area contributed by atoms with Crippen molar-refractivity contribution in [1.29, 1.82) is 0 Å². The van der Waals surface area contributed by atoms with E-state index >= 15 is 0 Å². The Labute approximate surface area is 118 Å². The molecule has 0 aliphatic heterocycles. The number of halogens is 1. The molecule has 0 bridgehead atoms. The van der Waals surface area contributed by atoms with E-state index in [0.29, 0.717) is 5.02 Å². The van der Waals surface area contributed by atoms with Gasteiger partial charge >= 0.3 is 0 Å². The first kappa shape index (κ1) is 12.6. The van der Waals surface area contributed by atoms with Gasteiger partial charge in [0.05, 0.1) is 6.10 Å². The molecule has 2 aromatic rings. The molecular weight excluding hydrogens is 258 g/mol. The normalized spacial score (nSPS) is 19.8. The van der Waals surface area contributed by atoms with Gasteiger partial charge < -0.3 is 5.11 Å². The molecule has 1 aromatic carbocycles. The molecule has 0 spiro atoms. The molecule has 1 aliphatic rings. The summed E-state index contributed by atoms with van der Waals surface area (Å²) in [5.74, 6) is 0.0726. The highest BCUT2D eigenvalue weighted by atomic mass is 35.5. The van der Waals surface area contributed by atoms with Crippen LogP contribution >= 0.6 is 11.6 Å². The number of hydrogen-bond acceptors (Lipinski definition) is 2.